The monoisotopic (exact) mass is 207 g/mol. The molecule has 14 heavy (non-hydrogen) atoms. The van der Waals surface area contributed by atoms with Crippen molar-refractivity contribution in [2.75, 3.05) is 0 Å². The third kappa shape index (κ3) is 1.81. The Balaban J connectivity index is 3.48. The lowest BCUT2D eigenvalue weighted by Crippen LogP contribution is -1.98. The van der Waals surface area contributed by atoms with Crippen molar-refractivity contribution < 1.29 is 9.59 Å². The quantitative estimate of drug-likeness (QED) is 0.551. The van der Waals surface area contributed by atoms with Crippen LogP contribution in [0.5, 0.6) is 0 Å². The first-order valence-corrected chi connectivity index (χ1v) is 4.17. The summed E-state index contributed by atoms with van der Waals surface area (Å²) in [7, 11) is 0. The number of rotatable bonds is 2. The molecular weight excluding hydrogens is 202 g/mol. The Hall–Kier alpha value is -1.66. The molecule has 0 saturated carbocycles. The predicted octanol–water partition coefficient (Wildman–Crippen LogP) is 2.06. The molecule has 3 nitrogen and oxygen atoms in total. The molecule has 0 aromatic heterocycles. The highest BCUT2D eigenvalue weighted by Gasteiger charge is 2.11. The van der Waals surface area contributed by atoms with Crippen molar-refractivity contribution in [1.29, 1.82) is 5.26 Å². The number of aldehydes is 1. The molecule has 0 atom stereocenters. The van der Waals surface area contributed by atoms with Gasteiger partial charge in [0.2, 0.25) is 0 Å². The zero-order chi connectivity index (χ0) is 10.7. The second-order valence-corrected chi connectivity index (χ2v) is 3.10. The van der Waals surface area contributed by atoms with Gasteiger partial charge in [0.1, 0.15) is 6.29 Å². The second kappa shape index (κ2) is 4.03. The fourth-order valence-electron chi connectivity index (χ4n) is 1.11. The molecule has 4 heteroatoms. The maximum Gasteiger partial charge on any atom is 0.253 e. The van der Waals surface area contributed by atoms with Gasteiger partial charge in [-0.1, -0.05) is 0 Å². The average Bonchev–Trinajstić information content (AvgIpc) is 2.17. The Bertz CT molecular complexity index is 446. The van der Waals surface area contributed by atoms with Gasteiger partial charge in [0, 0.05) is 5.56 Å². The van der Waals surface area contributed by atoms with Crippen LogP contribution in [0.1, 0.15) is 31.8 Å². The molecule has 0 fully saturated rings. The number of nitrogens with zero attached hydrogens (tertiary/aromatic N) is 1. The topological polar surface area (TPSA) is 57.9 Å². The average molecular weight is 208 g/mol. The summed E-state index contributed by atoms with van der Waals surface area (Å²) in [5.74, 6) is 0. The van der Waals surface area contributed by atoms with E-state index in [2.05, 4.69) is 0 Å². The molecule has 0 aliphatic carbocycles. The van der Waals surface area contributed by atoms with E-state index in [-0.39, 0.29) is 11.1 Å². The molecule has 0 radical (unpaired) electrons. The predicted molar refractivity (Wildman–Crippen MR) is 51.5 cm³/mol. The van der Waals surface area contributed by atoms with Crippen molar-refractivity contribution in [1.82, 2.24) is 0 Å². The Kier molecular flexibility index (Phi) is 3.00. The second-order valence-electron chi connectivity index (χ2n) is 2.76. The van der Waals surface area contributed by atoms with Gasteiger partial charge in [0.25, 0.3) is 5.24 Å². The zero-order valence-electron chi connectivity index (χ0n) is 7.37. The van der Waals surface area contributed by atoms with Crippen LogP contribution in [0.25, 0.3) is 0 Å². The van der Waals surface area contributed by atoms with Gasteiger partial charge in [0.15, 0.2) is 0 Å². The fourth-order valence-corrected chi connectivity index (χ4v) is 1.26. The number of hydrogen-bond donors (Lipinski definition) is 0. The third-order valence-corrected chi connectivity index (χ3v) is 2.07. The first-order valence-electron chi connectivity index (χ1n) is 3.80. The van der Waals surface area contributed by atoms with Crippen molar-refractivity contribution in [2.24, 2.45) is 0 Å². The standard InChI is InChI=1S/C10H6ClNO2/c1-6-2-9(10(11)14)7(4-12)3-8(6)5-13/h2-3,5H,1H3. The summed E-state index contributed by atoms with van der Waals surface area (Å²) in [5, 5.41) is 8.01. The van der Waals surface area contributed by atoms with Crippen LogP contribution in [-0.4, -0.2) is 11.5 Å². The smallest absolute Gasteiger partial charge is 0.253 e. The van der Waals surface area contributed by atoms with E-state index in [1.54, 1.807) is 6.92 Å². The van der Waals surface area contributed by atoms with Crippen LogP contribution in [0.15, 0.2) is 12.1 Å². The highest BCUT2D eigenvalue weighted by molar-refractivity contribution is 6.68. The molecule has 0 saturated heterocycles. The summed E-state index contributed by atoms with van der Waals surface area (Å²) >= 11 is 5.28. The van der Waals surface area contributed by atoms with Crippen LogP contribution in [0.4, 0.5) is 0 Å². The van der Waals surface area contributed by atoms with Crippen LogP contribution in [0.3, 0.4) is 0 Å². The van der Waals surface area contributed by atoms with E-state index >= 15 is 0 Å². The molecule has 0 spiro atoms. The van der Waals surface area contributed by atoms with Gasteiger partial charge in [-0.2, -0.15) is 5.26 Å². The molecule has 0 aliphatic heterocycles. The fraction of sp³-hybridized carbons (Fsp3) is 0.100. The molecular formula is C10H6ClNO2. The summed E-state index contributed by atoms with van der Waals surface area (Å²) in [6.45, 7) is 1.67. The molecule has 0 heterocycles. The van der Waals surface area contributed by atoms with E-state index in [4.69, 9.17) is 16.9 Å². The number of aryl methyl sites for hydroxylation is 1. The largest absolute Gasteiger partial charge is 0.298 e. The van der Waals surface area contributed by atoms with Gasteiger partial charge < -0.3 is 0 Å². The van der Waals surface area contributed by atoms with Crippen LogP contribution in [-0.2, 0) is 0 Å². The van der Waals surface area contributed by atoms with Gasteiger partial charge in [-0.3, -0.25) is 9.59 Å². The van der Waals surface area contributed by atoms with E-state index in [0.717, 1.165) is 0 Å². The van der Waals surface area contributed by atoms with E-state index in [9.17, 15) is 9.59 Å². The summed E-state index contributed by atoms with van der Waals surface area (Å²) in [4.78, 5) is 21.5. The van der Waals surface area contributed by atoms with Crippen LogP contribution in [0, 0.1) is 18.3 Å². The number of benzene rings is 1. The first kappa shape index (κ1) is 10.4. The van der Waals surface area contributed by atoms with Crippen LogP contribution < -0.4 is 0 Å². The SMILES string of the molecule is Cc1cc(C(=O)Cl)c(C#N)cc1C=O. The minimum atomic E-state index is -0.693. The highest BCUT2D eigenvalue weighted by atomic mass is 35.5. The molecule has 0 N–H and O–H groups in total. The lowest BCUT2D eigenvalue weighted by Gasteiger charge is -2.02. The first-order chi connectivity index (χ1) is 6.60. The van der Waals surface area contributed by atoms with Gasteiger partial charge in [0.05, 0.1) is 17.2 Å². The zero-order valence-corrected chi connectivity index (χ0v) is 8.13. The maximum absolute atomic E-state index is 10.9. The molecule has 1 rings (SSSR count). The van der Waals surface area contributed by atoms with Gasteiger partial charge >= 0.3 is 0 Å². The van der Waals surface area contributed by atoms with Crippen molar-refractivity contribution in [3.63, 3.8) is 0 Å². The van der Waals surface area contributed by atoms with E-state index < -0.39 is 5.24 Å². The Morgan fingerprint density at radius 3 is 2.64 bits per heavy atom. The summed E-state index contributed by atoms with van der Waals surface area (Å²) in [6.07, 6.45) is 0.638. The number of nitriles is 1. The van der Waals surface area contributed by atoms with Crippen molar-refractivity contribution in [2.45, 2.75) is 6.92 Å². The lowest BCUT2D eigenvalue weighted by molar-refractivity contribution is 0.107. The number of hydrogen-bond acceptors (Lipinski definition) is 3. The maximum atomic E-state index is 10.9. The molecule has 70 valence electrons. The number of halogens is 1. The minimum Gasteiger partial charge on any atom is -0.298 e. The molecule has 0 aliphatic rings. The minimum absolute atomic E-state index is 0.123. The van der Waals surface area contributed by atoms with E-state index in [1.807, 2.05) is 6.07 Å². The Morgan fingerprint density at radius 2 is 2.21 bits per heavy atom. The lowest BCUT2D eigenvalue weighted by atomic mass is 10.0. The molecule has 0 unspecified atom stereocenters. The van der Waals surface area contributed by atoms with E-state index in [0.29, 0.717) is 17.4 Å². The van der Waals surface area contributed by atoms with Gasteiger partial charge in [-0.05, 0) is 36.2 Å². The van der Waals surface area contributed by atoms with Crippen LogP contribution in [0.2, 0.25) is 0 Å². The summed E-state index contributed by atoms with van der Waals surface area (Å²) < 4.78 is 0. The van der Waals surface area contributed by atoms with Crippen LogP contribution >= 0.6 is 11.6 Å². The van der Waals surface area contributed by atoms with E-state index in [1.165, 1.54) is 12.1 Å². The molecule has 0 bridgehead atoms. The summed E-state index contributed by atoms with van der Waals surface area (Å²) in [6, 6.07) is 4.62. The van der Waals surface area contributed by atoms with Crippen molar-refractivity contribution >= 4 is 23.1 Å². The molecule has 1 aromatic carbocycles. The van der Waals surface area contributed by atoms with Gasteiger partial charge in [-0.15, -0.1) is 0 Å². The third-order valence-electron chi connectivity index (χ3n) is 1.87. The Morgan fingerprint density at radius 1 is 1.57 bits per heavy atom. The number of carbonyl (C=O) groups excluding carboxylic acids is 2. The van der Waals surface area contributed by atoms with Crippen molar-refractivity contribution in [3.05, 3.63) is 34.4 Å². The molecule has 0 amide bonds. The number of carbonyl (C=O) groups is 2. The van der Waals surface area contributed by atoms with Gasteiger partial charge in [-0.25, -0.2) is 0 Å². The normalized spacial score (nSPS) is 9.21. The Labute approximate surface area is 85.9 Å². The highest BCUT2D eigenvalue weighted by Crippen LogP contribution is 2.16. The summed E-state index contributed by atoms with van der Waals surface area (Å²) in [5.41, 5.74) is 1.28. The molecule has 1 aromatic rings. The van der Waals surface area contributed by atoms with Crippen molar-refractivity contribution in [3.8, 4) is 6.07 Å².